The summed E-state index contributed by atoms with van der Waals surface area (Å²) in [4.78, 5) is 27.6. The van der Waals surface area contributed by atoms with Gasteiger partial charge in [-0.25, -0.2) is 0 Å². The molecule has 1 N–H and O–H groups in total. The lowest BCUT2D eigenvalue weighted by Crippen LogP contribution is -2.45. The molecule has 0 bridgehead atoms. The van der Waals surface area contributed by atoms with E-state index >= 15 is 0 Å². The van der Waals surface area contributed by atoms with Gasteiger partial charge in [0.1, 0.15) is 11.2 Å². The van der Waals surface area contributed by atoms with Gasteiger partial charge in [0.2, 0.25) is 11.8 Å². The molecular weight excluding hydrogens is 352 g/mol. The number of rotatable bonds is 9. The highest BCUT2D eigenvalue weighted by Crippen LogP contribution is 2.47. The predicted molar refractivity (Wildman–Crippen MR) is 109 cm³/mol. The van der Waals surface area contributed by atoms with E-state index in [0.717, 1.165) is 23.3 Å². The van der Waals surface area contributed by atoms with Crippen LogP contribution in [0.5, 0.6) is 5.75 Å². The van der Waals surface area contributed by atoms with E-state index in [1.807, 2.05) is 61.5 Å². The topological polar surface area (TPSA) is 58.6 Å². The minimum absolute atomic E-state index is 0.0548. The van der Waals surface area contributed by atoms with Crippen LogP contribution in [0, 0.1) is 5.41 Å². The third kappa shape index (κ3) is 4.53. The van der Waals surface area contributed by atoms with Crippen LogP contribution in [-0.2, 0) is 22.6 Å². The normalized spacial score (nSPS) is 14.2. The largest absolute Gasteiger partial charge is 0.497 e. The van der Waals surface area contributed by atoms with E-state index in [0.29, 0.717) is 32.5 Å². The van der Waals surface area contributed by atoms with Crippen LogP contribution in [0.3, 0.4) is 0 Å². The second-order valence-electron chi connectivity index (χ2n) is 7.24. The summed E-state index contributed by atoms with van der Waals surface area (Å²) in [6.45, 7) is 3.61. The molecule has 0 heterocycles. The van der Waals surface area contributed by atoms with Crippen LogP contribution in [0.2, 0.25) is 0 Å². The molecule has 0 aliphatic heterocycles. The minimum atomic E-state index is -0.870. The molecule has 2 aromatic carbocycles. The molecule has 0 aromatic heterocycles. The molecule has 0 spiro atoms. The second kappa shape index (κ2) is 8.91. The van der Waals surface area contributed by atoms with E-state index in [9.17, 15) is 9.59 Å². The highest BCUT2D eigenvalue weighted by molar-refractivity contribution is 6.07. The molecule has 28 heavy (non-hydrogen) atoms. The molecule has 1 saturated carbocycles. The number of hydrogen-bond donors (Lipinski definition) is 1. The standard InChI is InChI=1S/C23H28N2O3/c1-3-25(17-19-7-5-4-6-8-19)22(27)23(14-15-23)21(26)24-16-13-18-9-11-20(28-2)12-10-18/h4-12H,3,13-17H2,1-2H3,(H,24,26). The van der Waals surface area contributed by atoms with Crippen LogP contribution in [0.1, 0.15) is 30.9 Å². The van der Waals surface area contributed by atoms with E-state index < -0.39 is 5.41 Å². The average Bonchev–Trinajstić information content (AvgIpc) is 3.55. The fourth-order valence-electron chi connectivity index (χ4n) is 3.38. The second-order valence-corrected chi connectivity index (χ2v) is 7.24. The smallest absolute Gasteiger partial charge is 0.238 e. The third-order valence-corrected chi connectivity index (χ3v) is 5.34. The van der Waals surface area contributed by atoms with E-state index in [1.165, 1.54) is 0 Å². The Labute approximate surface area is 166 Å². The van der Waals surface area contributed by atoms with Crippen molar-refractivity contribution < 1.29 is 14.3 Å². The number of carbonyl (C=O) groups excluding carboxylic acids is 2. The summed E-state index contributed by atoms with van der Waals surface area (Å²) in [5.41, 5.74) is 1.33. The minimum Gasteiger partial charge on any atom is -0.497 e. The molecule has 148 valence electrons. The van der Waals surface area contributed by atoms with Crippen molar-refractivity contribution in [3.8, 4) is 5.75 Å². The number of carbonyl (C=O) groups is 2. The lowest BCUT2D eigenvalue weighted by Gasteiger charge is -2.26. The first kappa shape index (κ1) is 19.9. The fourth-order valence-corrected chi connectivity index (χ4v) is 3.38. The van der Waals surface area contributed by atoms with E-state index in [-0.39, 0.29) is 11.8 Å². The maximum Gasteiger partial charge on any atom is 0.238 e. The Kier molecular flexibility index (Phi) is 6.34. The van der Waals surface area contributed by atoms with Gasteiger partial charge in [0.15, 0.2) is 0 Å². The Morgan fingerprint density at radius 2 is 1.71 bits per heavy atom. The van der Waals surface area contributed by atoms with Gasteiger partial charge in [-0.05, 0) is 49.4 Å². The summed E-state index contributed by atoms with van der Waals surface area (Å²) in [5.74, 6) is 0.617. The molecule has 5 heteroatoms. The number of ether oxygens (including phenoxy) is 1. The summed E-state index contributed by atoms with van der Waals surface area (Å²) in [7, 11) is 1.64. The van der Waals surface area contributed by atoms with Crippen LogP contribution in [0.25, 0.3) is 0 Å². The highest BCUT2D eigenvalue weighted by atomic mass is 16.5. The van der Waals surface area contributed by atoms with Crippen molar-refractivity contribution in [2.75, 3.05) is 20.2 Å². The average molecular weight is 380 g/mol. The van der Waals surface area contributed by atoms with E-state index in [1.54, 1.807) is 12.0 Å². The van der Waals surface area contributed by atoms with Gasteiger partial charge in [-0.1, -0.05) is 42.5 Å². The zero-order chi connectivity index (χ0) is 20.0. The van der Waals surface area contributed by atoms with Crippen molar-refractivity contribution in [2.45, 2.75) is 32.7 Å². The van der Waals surface area contributed by atoms with E-state index in [4.69, 9.17) is 4.74 Å². The van der Waals surface area contributed by atoms with Gasteiger partial charge in [0.05, 0.1) is 7.11 Å². The molecule has 1 fully saturated rings. The van der Waals surface area contributed by atoms with Gasteiger partial charge >= 0.3 is 0 Å². The number of nitrogens with zero attached hydrogens (tertiary/aromatic N) is 1. The molecule has 1 aliphatic carbocycles. The highest BCUT2D eigenvalue weighted by Gasteiger charge is 2.57. The zero-order valence-corrected chi connectivity index (χ0v) is 16.6. The van der Waals surface area contributed by atoms with Crippen LogP contribution < -0.4 is 10.1 Å². The van der Waals surface area contributed by atoms with Gasteiger partial charge in [0, 0.05) is 19.6 Å². The molecule has 0 unspecified atom stereocenters. The van der Waals surface area contributed by atoms with E-state index in [2.05, 4.69) is 5.32 Å². The fraction of sp³-hybridized carbons (Fsp3) is 0.391. The third-order valence-electron chi connectivity index (χ3n) is 5.34. The number of methoxy groups -OCH3 is 1. The van der Waals surface area contributed by atoms with Crippen molar-refractivity contribution in [3.63, 3.8) is 0 Å². The van der Waals surface area contributed by atoms with Crippen LogP contribution in [0.15, 0.2) is 54.6 Å². The first-order valence-electron chi connectivity index (χ1n) is 9.83. The van der Waals surface area contributed by atoms with Crippen LogP contribution in [-0.4, -0.2) is 36.9 Å². The number of hydrogen-bond acceptors (Lipinski definition) is 3. The molecule has 5 nitrogen and oxygen atoms in total. The summed E-state index contributed by atoms with van der Waals surface area (Å²) in [6, 6.07) is 17.7. The summed E-state index contributed by atoms with van der Waals surface area (Å²) >= 11 is 0. The lowest BCUT2D eigenvalue weighted by atomic mass is 10.0. The molecule has 0 radical (unpaired) electrons. The number of benzene rings is 2. The SMILES string of the molecule is CCN(Cc1ccccc1)C(=O)C1(C(=O)NCCc2ccc(OC)cc2)CC1. The van der Waals surface area contributed by atoms with Gasteiger partial charge in [-0.15, -0.1) is 0 Å². The lowest BCUT2D eigenvalue weighted by molar-refractivity contribution is -0.144. The Morgan fingerprint density at radius 3 is 2.29 bits per heavy atom. The van der Waals surface area contributed by atoms with Gasteiger partial charge in [-0.2, -0.15) is 0 Å². The molecule has 0 atom stereocenters. The van der Waals surface area contributed by atoms with Gasteiger partial charge in [0.25, 0.3) is 0 Å². The quantitative estimate of drug-likeness (QED) is 0.680. The summed E-state index contributed by atoms with van der Waals surface area (Å²) < 4.78 is 5.15. The first-order valence-corrected chi connectivity index (χ1v) is 9.83. The summed E-state index contributed by atoms with van der Waals surface area (Å²) in [5, 5.41) is 2.97. The van der Waals surface area contributed by atoms with Crippen LogP contribution in [0.4, 0.5) is 0 Å². The molecular formula is C23H28N2O3. The number of amides is 2. The van der Waals surface area contributed by atoms with Crippen molar-refractivity contribution in [3.05, 3.63) is 65.7 Å². The molecule has 0 saturated heterocycles. The van der Waals surface area contributed by atoms with Crippen LogP contribution >= 0.6 is 0 Å². The summed E-state index contributed by atoms with van der Waals surface area (Å²) in [6.07, 6.45) is 1.98. The van der Waals surface area contributed by atoms with Gasteiger partial charge in [-0.3, -0.25) is 9.59 Å². The molecule has 2 aromatic rings. The monoisotopic (exact) mass is 380 g/mol. The Hall–Kier alpha value is -2.82. The van der Waals surface area contributed by atoms with Gasteiger partial charge < -0.3 is 15.0 Å². The van der Waals surface area contributed by atoms with Crippen molar-refractivity contribution >= 4 is 11.8 Å². The molecule has 1 aliphatic rings. The Bertz CT molecular complexity index is 798. The van der Waals surface area contributed by atoms with Crippen molar-refractivity contribution in [1.82, 2.24) is 10.2 Å². The number of nitrogens with one attached hydrogen (secondary N) is 1. The Morgan fingerprint density at radius 1 is 1.04 bits per heavy atom. The Balaban J connectivity index is 1.55. The zero-order valence-electron chi connectivity index (χ0n) is 16.6. The molecule has 3 rings (SSSR count). The first-order chi connectivity index (χ1) is 13.6. The maximum atomic E-state index is 13.1. The molecule has 2 amide bonds. The van der Waals surface area contributed by atoms with Crippen molar-refractivity contribution in [1.29, 1.82) is 0 Å². The predicted octanol–water partition coefficient (Wildman–Crippen LogP) is 3.18. The maximum absolute atomic E-state index is 13.1. The van der Waals surface area contributed by atoms with Crippen molar-refractivity contribution in [2.24, 2.45) is 5.41 Å².